The maximum atomic E-state index is 13.6. The summed E-state index contributed by atoms with van der Waals surface area (Å²) in [4.78, 5) is 13.5. The van der Waals surface area contributed by atoms with E-state index in [-0.39, 0.29) is 12.0 Å². The highest BCUT2D eigenvalue weighted by molar-refractivity contribution is 6.49. The summed E-state index contributed by atoms with van der Waals surface area (Å²) < 4.78 is 15.5. The number of rotatable bonds is 5. The Morgan fingerprint density at radius 2 is 2.12 bits per heavy atom. The molecular weight excluding hydrogens is 307 g/mol. The molecule has 1 N–H and O–H groups in total. The van der Waals surface area contributed by atoms with Crippen LogP contribution in [0.3, 0.4) is 0 Å². The zero-order valence-corrected chi connectivity index (χ0v) is 14.1. The van der Waals surface area contributed by atoms with Gasteiger partial charge >= 0.3 is 0 Å². The molecule has 126 valence electrons. The van der Waals surface area contributed by atoms with Gasteiger partial charge in [-0.1, -0.05) is 6.92 Å². The van der Waals surface area contributed by atoms with Gasteiger partial charge in [-0.2, -0.15) is 0 Å². The summed E-state index contributed by atoms with van der Waals surface area (Å²) in [6.07, 6.45) is 3.68. The van der Waals surface area contributed by atoms with Gasteiger partial charge in [0.1, 0.15) is 12.0 Å². The Hall–Kier alpha value is -2.34. The van der Waals surface area contributed by atoms with E-state index < -0.39 is 6.10 Å². The topological polar surface area (TPSA) is 62.8 Å². The largest absolute Gasteiger partial charge is 0.389 e. The Morgan fingerprint density at radius 3 is 2.79 bits per heavy atom. The van der Waals surface area contributed by atoms with Crippen LogP contribution in [0.15, 0.2) is 40.7 Å². The van der Waals surface area contributed by atoms with Crippen LogP contribution in [0, 0.1) is 5.82 Å². The fraction of sp³-hybridized carbons (Fsp3) is 0.389. The van der Waals surface area contributed by atoms with Crippen LogP contribution in [-0.4, -0.2) is 32.2 Å². The zero-order valence-electron chi connectivity index (χ0n) is 14.1. The highest BCUT2D eigenvalue weighted by Crippen LogP contribution is 2.23. The quantitative estimate of drug-likeness (QED) is 0.917. The van der Waals surface area contributed by atoms with Crippen molar-refractivity contribution in [2.45, 2.75) is 46.0 Å². The molecule has 0 saturated carbocycles. The Labute approximate surface area is 140 Å². The van der Waals surface area contributed by atoms with Gasteiger partial charge in [0.05, 0.1) is 36.1 Å². The Balaban J connectivity index is 1.95. The van der Waals surface area contributed by atoms with Crippen LogP contribution in [0.2, 0.25) is 0 Å². The van der Waals surface area contributed by atoms with E-state index in [1.165, 1.54) is 12.1 Å². The number of aliphatic hydroxyl groups excluding tert-OH is 1. The number of aliphatic imine (C=N–C) groups is 2. The van der Waals surface area contributed by atoms with Crippen molar-refractivity contribution in [2.24, 2.45) is 9.98 Å². The molecule has 0 saturated heterocycles. The first-order chi connectivity index (χ1) is 11.5. The van der Waals surface area contributed by atoms with Gasteiger partial charge in [0.25, 0.3) is 0 Å². The van der Waals surface area contributed by atoms with Crippen LogP contribution in [0.4, 0.5) is 4.39 Å². The van der Waals surface area contributed by atoms with Gasteiger partial charge < -0.3 is 9.67 Å². The summed E-state index contributed by atoms with van der Waals surface area (Å²) in [6, 6.07) is 4.40. The number of aryl methyl sites for hydroxylation is 1. The lowest BCUT2D eigenvalue weighted by molar-refractivity contribution is 0.198. The Bertz CT molecular complexity index is 807. The van der Waals surface area contributed by atoms with E-state index >= 15 is 0 Å². The minimum atomic E-state index is -0.782. The van der Waals surface area contributed by atoms with E-state index in [0.29, 0.717) is 17.8 Å². The van der Waals surface area contributed by atoms with Crippen LogP contribution in [0.5, 0.6) is 0 Å². The molecule has 0 bridgehead atoms. The second-order valence-corrected chi connectivity index (χ2v) is 5.98. The average molecular weight is 328 g/mol. The van der Waals surface area contributed by atoms with Gasteiger partial charge in [0.15, 0.2) is 0 Å². The summed E-state index contributed by atoms with van der Waals surface area (Å²) in [7, 11) is 0. The van der Waals surface area contributed by atoms with E-state index in [2.05, 4.69) is 21.9 Å². The SMILES string of the molecule is CCc1cn(CC2=NC(C)N=C2c2ccc(F)cc2C(C)O)cn1. The van der Waals surface area contributed by atoms with Crippen LogP contribution in [0.25, 0.3) is 0 Å². The van der Waals surface area contributed by atoms with E-state index in [1.807, 2.05) is 17.7 Å². The highest BCUT2D eigenvalue weighted by Gasteiger charge is 2.24. The normalized spacial score (nSPS) is 18.5. The van der Waals surface area contributed by atoms with Gasteiger partial charge in [0, 0.05) is 11.8 Å². The van der Waals surface area contributed by atoms with Crippen molar-refractivity contribution >= 4 is 11.4 Å². The molecule has 1 aromatic carbocycles. The van der Waals surface area contributed by atoms with E-state index in [4.69, 9.17) is 0 Å². The molecule has 1 aliphatic heterocycles. The lowest BCUT2D eigenvalue weighted by Crippen LogP contribution is -2.20. The first-order valence-corrected chi connectivity index (χ1v) is 8.11. The molecule has 2 heterocycles. The van der Waals surface area contributed by atoms with Crippen molar-refractivity contribution < 1.29 is 9.50 Å². The Morgan fingerprint density at radius 1 is 1.33 bits per heavy atom. The van der Waals surface area contributed by atoms with E-state index in [0.717, 1.165) is 23.4 Å². The van der Waals surface area contributed by atoms with Crippen molar-refractivity contribution in [1.82, 2.24) is 9.55 Å². The second-order valence-electron chi connectivity index (χ2n) is 5.98. The number of hydrogen-bond acceptors (Lipinski definition) is 4. The van der Waals surface area contributed by atoms with Crippen molar-refractivity contribution in [3.8, 4) is 0 Å². The number of benzene rings is 1. The summed E-state index contributed by atoms with van der Waals surface area (Å²) in [5.41, 5.74) is 3.80. The highest BCUT2D eigenvalue weighted by atomic mass is 19.1. The standard InChI is InChI=1S/C18H21FN4O/c1-4-14-8-23(10-20-14)9-17-18(22-12(3)21-17)15-6-5-13(19)7-16(15)11(2)24/h5-8,10-12,24H,4,9H2,1-3H3. The van der Waals surface area contributed by atoms with Gasteiger partial charge in [0.2, 0.25) is 0 Å². The first kappa shape index (κ1) is 16.5. The summed E-state index contributed by atoms with van der Waals surface area (Å²) in [5, 5.41) is 9.99. The fourth-order valence-electron chi connectivity index (χ4n) is 2.86. The fourth-order valence-corrected chi connectivity index (χ4v) is 2.86. The molecule has 5 nitrogen and oxygen atoms in total. The molecule has 0 fully saturated rings. The smallest absolute Gasteiger partial charge is 0.138 e. The van der Waals surface area contributed by atoms with Gasteiger partial charge in [-0.05, 0) is 44.0 Å². The minimum absolute atomic E-state index is 0.184. The summed E-state index contributed by atoms with van der Waals surface area (Å²) >= 11 is 0. The first-order valence-electron chi connectivity index (χ1n) is 8.11. The van der Waals surface area contributed by atoms with Crippen LogP contribution in [0.1, 0.15) is 43.7 Å². The lowest BCUT2D eigenvalue weighted by atomic mass is 9.96. The van der Waals surface area contributed by atoms with E-state index in [9.17, 15) is 9.50 Å². The molecule has 24 heavy (non-hydrogen) atoms. The molecule has 1 aliphatic rings. The predicted octanol–water partition coefficient (Wildman–Crippen LogP) is 2.93. The number of imidazole rings is 1. The van der Waals surface area contributed by atoms with Crippen LogP contribution in [-0.2, 0) is 13.0 Å². The van der Waals surface area contributed by atoms with E-state index in [1.54, 1.807) is 19.3 Å². The maximum Gasteiger partial charge on any atom is 0.138 e. The van der Waals surface area contributed by atoms with Crippen molar-refractivity contribution in [3.63, 3.8) is 0 Å². The number of nitrogens with zero attached hydrogens (tertiary/aromatic N) is 4. The molecule has 0 radical (unpaired) electrons. The average Bonchev–Trinajstić information content (AvgIpc) is 3.14. The third-order valence-corrected chi connectivity index (χ3v) is 4.03. The predicted molar refractivity (Wildman–Crippen MR) is 92.1 cm³/mol. The molecule has 0 spiro atoms. The number of aromatic nitrogens is 2. The second kappa shape index (κ2) is 6.65. The molecule has 3 rings (SSSR count). The lowest BCUT2D eigenvalue weighted by Gasteiger charge is -2.14. The molecule has 1 aromatic heterocycles. The Kier molecular flexibility index (Phi) is 4.57. The van der Waals surface area contributed by atoms with Crippen LogP contribution >= 0.6 is 0 Å². The maximum absolute atomic E-state index is 13.6. The van der Waals surface area contributed by atoms with Crippen LogP contribution < -0.4 is 0 Å². The monoisotopic (exact) mass is 328 g/mol. The van der Waals surface area contributed by atoms with Crippen molar-refractivity contribution in [1.29, 1.82) is 0 Å². The summed E-state index contributed by atoms with van der Waals surface area (Å²) in [5.74, 6) is -0.373. The molecular formula is C18H21FN4O. The molecule has 2 atom stereocenters. The molecule has 0 amide bonds. The molecule has 2 aromatic rings. The minimum Gasteiger partial charge on any atom is -0.389 e. The summed E-state index contributed by atoms with van der Waals surface area (Å²) in [6.45, 7) is 6.14. The van der Waals surface area contributed by atoms with Gasteiger partial charge in [-0.25, -0.2) is 9.37 Å². The number of hydrogen-bond donors (Lipinski definition) is 1. The molecule has 2 unspecified atom stereocenters. The van der Waals surface area contributed by atoms with Gasteiger partial charge in [-0.3, -0.25) is 9.98 Å². The molecule has 6 heteroatoms. The number of aliphatic hydroxyl groups is 1. The third kappa shape index (κ3) is 3.28. The third-order valence-electron chi connectivity index (χ3n) is 4.03. The molecule has 0 aliphatic carbocycles. The van der Waals surface area contributed by atoms with Crippen molar-refractivity contribution in [3.05, 3.63) is 53.4 Å². The van der Waals surface area contributed by atoms with Gasteiger partial charge in [-0.15, -0.1) is 0 Å². The zero-order chi connectivity index (χ0) is 17.3. The van der Waals surface area contributed by atoms with Crippen molar-refractivity contribution in [2.75, 3.05) is 0 Å². The number of halogens is 1.